The van der Waals surface area contributed by atoms with Gasteiger partial charge >= 0.3 is 5.97 Å². The smallest absolute Gasteiger partial charge is 0.337 e. The molecule has 2 aliphatic carbocycles. The van der Waals surface area contributed by atoms with Crippen LogP contribution in [0.25, 0.3) is 11.3 Å². The number of likely N-dealkylation sites (N-methyl/N-ethyl adjacent to an activating group) is 2. The molecule has 13 nitrogen and oxygen atoms in total. The Kier molecular flexibility index (Phi) is 11.1. The van der Waals surface area contributed by atoms with Crippen molar-refractivity contribution in [3.63, 3.8) is 0 Å². The van der Waals surface area contributed by atoms with Crippen LogP contribution in [-0.2, 0) is 29.2 Å². The van der Waals surface area contributed by atoms with Crippen molar-refractivity contribution >= 4 is 62.0 Å². The average molecular weight is 772 g/mol. The summed E-state index contributed by atoms with van der Waals surface area (Å²) in [5, 5.41) is 5.12. The molecule has 14 heteroatoms. The summed E-state index contributed by atoms with van der Waals surface area (Å²) in [6.07, 6.45) is 1.44. The number of amides is 2. The molecule has 4 aliphatic rings. The van der Waals surface area contributed by atoms with Crippen LogP contribution >= 0.6 is 0 Å². The number of piperazine rings is 1. The van der Waals surface area contributed by atoms with E-state index in [1.807, 2.05) is 75.4 Å². The number of carbonyl (C=O) groups excluding carboxylic acids is 4. The van der Waals surface area contributed by atoms with E-state index in [1.54, 1.807) is 30.1 Å². The molecule has 3 atom stereocenters. The molecule has 3 aromatic carbocycles. The number of nitrogens with one attached hydrogen (secondary N) is 2. The van der Waals surface area contributed by atoms with Gasteiger partial charge in [-0.05, 0) is 73.2 Å². The van der Waals surface area contributed by atoms with Crippen LogP contribution in [0.4, 0.5) is 17.1 Å². The minimum absolute atomic E-state index is 0.0444. The second kappa shape index (κ2) is 15.3. The molecular weight excluding hydrogens is 723 g/mol. The molecule has 7 rings (SSSR count). The van der Waals surface area contributed by atoms with E-state index in [-0.39, 0.29) is 28.9 Å². The predicted molar refractivity (Wildman–Crippen MR) is 212 cm³/mol. The number of Topliss-reactive ketones (excluding diaryl/α,β-unsaturated/α-hetero) is 1. The third kappa shape index (κ3) is 7.68. The monoisotopic (exact) mass is 771 g/mol. The number of nitrogens with zero attached hydrogens (tertiary/aromatic N) is 3. The molecule has 1 saturated heterocycles. The first-order valence-electron chi connectivity index (χ1n) is 18.3. The number of ketones is 1. The summed E-state index contributed by atoms with van der Waals surface area (Å²) in [7, 11) is 0.970. The van der Waals surface area contributed by atoms with Crippen molar-refractivity contribution < 1.29 is 36.9 Å². The highest BCUT2D eigenvalue weighted by Crippen LogP contribution is 2.64. The van der Waals surface area contributed by atoms with Crippen LogP contribution < -0.4 is 15.5 Å². The van der Waals surface area contributed by atoms with Crippen molar-refractivity contribution in [1.29, 1.82) is 0 Å². The highest BCUT2D eigenvalue weighted by molar-refractivity contribution is 7.87. The molecule has 3 fully saturated rings. The Hall–Kier alpha value is -4.89. The molecule has 2 heterocycles. The number of esters is 1. The number of benzene rings is 3. The van der Waals surface area contributed by atoms with Crippen molar-refractivity contribution in [2.45, 2.75) is 38.9 Å². The van der Waals surface area contributed by atoms with Gasteiger partial charge in [-0.3, -0.25) is 23.8 Å². The van der Waals surface area contributed by atoms with Gasteiger partial charge in [0, 0.05) is 55.6 Å². The lowest BCUT2D eigenvalue weighted by Crippen LogP contribution is -2.48. The van der Waals surface area contributed by atoms with Crippen molar-refractivity contribution in [3.8, 4) is 0 Å². The minimum Gasteiger partial charge on any atom is -0.465 e. The van der Waals surface area contributed by atoms with Gasteiger partial charge in [0.05, 0.1) is 36.2 Å². The predicted octanol–water partition coefficient (Wildman–Crippen LogP) is 4.88. The van der Waals surface area contributed by atoms with E-state index in [4.69, 9.17) is 9.29 Å². The van der Waals surface area contributed by atoms with E-state index >= 15 is 0 Å². The Morgan fingerprint density at radius 3 is 2.18 bits per heavy atom. The van der Waals surface area contributed by atoms with Gasteiger partial charge in [-0.1, -0.05) is 57.2 Å². The lowest BCUT2D eigenvalue weighted by molar-refractivity contribution is -0.128. The Balaban J connectivity index is 0.000000286. The number of methoxy groups -OCH3 is 1. The van der Waals surface area contributed by atoms with Crippen LogP contribution in [-0.4, -0.2) is 106 Å². The van der Waals surface area contributed by atoms with Crippen molar-refractivity contribution in [3.05, 3.63) is 89.5 Å². The fourth-order valence-electron chi connectivity index (χ4n) is 8.26. The number of anilines is 3. The molecule has 292 valence electrons. The highest BCUT2D eigenvalue weighted by Gasteiger charge is 2.69. The summed E-state index contributed by atoms with van der Waals surface area (Å²) in [4.78, 5) is 56.3. The maximum atomic E-state index is 13.2. The summed E-state index contributed by atoms with van der Waals surface area (Å²) < 4.78 is 36.3. The quantitative estimate of drug-likeness (QED) is 0.162. The maximum Gasteiger partial charge on any atom is 0.337 e. The van der Waals surface area contributed by atoms with Gasteiger partial charge in [-0.15, -0.1) is 0 Å². The Labute approximate surface area is 322 Å². The molecule has 2 saturated carbocycles. The summed E-state index contributed by atoms with van der Waals surface area (Å²) >= 11 is 0. The third-order valence-electron chi connectivity index (χ3n) is 12.1. The molecule has 2 aliphatic heterocycles. The summed E-state index contributed by atoms with van der Waals surface area (Å²) in [5.74, 6) is -1.23. The summed E-state index contributed by atoms with van der Waals surface area (Å²) in [6.45, 7) is 9.76. The number of carbonyl (C=O) groups is 4. The molecular formula is C41H49N5O8S. The van der Waals surface area contributed by atoms with Crippen LogP contribution in [0.2, 0.25) is 0 Å². The number of fused-ring (bicyclic) bond motifs is 3. The number of rotatable bonds is 8. The second-order valence-electron chi connectivity index (χ2n) is 15.5. The lowest BCUT2D eigenvalue weighted by Gasteiger charge is -2.32. The van der Waals surface area contributed by atoms with Crippen LogP contribution in [0.3, 0.4) is 0 Å². The fourth-order valence-corrected chi connectivity index (χ4v) is 9.68. The molecule has 2 bridgehead atoms. The Morgan fingerprint density at radius 2 is 1.62 bits per heavy atom. The molecule has 55 heavy (non-hydrogen) atoms. The van der Waals surface area contributed by atoms with Gasteiger partial charge in [0.15, 0.2) is 5.78 Å². The van der Waals surface area contributed by atoms with E-state index in [0.29, 0.717) is 41.1 Å². The first-order chi connectivity index (χ1) is 26.0. The molecule has 2 amide bonds. The maximum absolute atomic E-state index is 13.2. The lowest BCUT2D eigenvalue weighted by atomic mass is 9.70. The summed E-state index contributed by atoms with van der Waals surface area (Å²) in [5.41, 5.74) is 4.18. The van der Waals surface area contributed by atoms with Crippen molar-refractivity contribution in [1.82, 2.24) is 9.80 Å². The first-order valence-corrected chi connectivity index (χ1v) is 19.9. The van der Waals surface area contributed by atoms with E-state index in [2.05, 4.69) is 27.5 Å². The second-order valence-corrected chi connectivity index (χ2v) is 17.1. The highest BCUT2D eigenvalue weighted by atomic mass is 32.2. The van der Waals surface area contributed by atoms with Gasteiger partial charge in [0.1, 0.15) is 5.25 Å². The van der Waals surface area contributed by atoms with E-state index in [9.17, 15) is 27.6 Å². The van der Waals surface area contributed by atoms with Crippen LogP contribution in [0.5, 0.6) is 0 Å². The standard InChI is InChI=1S/C31H33N5O4.C10H16O4S/c1-34-15-17-36(18-16-34)20-27(37)35(2)24-12-10-23(11-13-24)32-29(21-7-5-4-6-8-21)28-25-14-9-22(31(39)40-3)19-26(25)33-30(28)38;1-9(2)6-4-5-10(9,3)8(11)7(6)15(12,13)14/h4-14,19,32H,15-18,20H2,1-3H3,(H,33,38);6-7H,4-5H2,1-3H3,(H,12,13,14)/b29-28-;. The number of hydrogen-bond acceptors (Lipinski definition) is 10. The van der Waals surface area contributed by atoms with Gasteiger partial charge in [-0.25, -0.2) is 4.79 Å². The van der Waals surface area contributed by atoms with Crippen molar-refractivity contribution in [2.24, 2.45) is 16.7 Å². The fraction of sp³-hybridized carbons (Fsp3) is 0.415. The van der Waals surface area contributed by atoms with Crippen LogP contribution in [0.1, 0.15) is 55.1 Å². The molecule has 3 aromatic rings. The van der Waals surface area contributed by atoms with E-state index < -0.39 is 26.8 Å². The third-order valence-corrected chi connectivity index (χ3v) is 13.3. The zero-order valence-electron chi connectivity index (χ0n) is 32.1. The minimum atomic E-state index is -4.24. The molecule has 0 radical (unpaired) electrons. The molecule has 3 unspecified atom stereocenters. The van der Waals surface area contributed by atoms with E-state index in [0.717, 1.165) is 49.5 Å². The van der Waals surface area contributed by atoms with Gasteiger partial charge in [0.2, 0.25) is 5.91 Å². The largest absolute Gasteiger partial charge is 0.465 e. The zero-order valence-corrected chi connectivity index (χ0v) is 32.9. The summed E-state index contributed by atoms with van der Waals surface area (Å²) in [6, 6.07) is 22.2. The first kappa shape index (κ1) is 39.8. The average Bonchev–Trinajstić information content (AvgIpc) is 3.67. The number of ether oxygens (including phenoxy) is 1. The SMILES string of the molecule is CC12CCC(C(S(=O)(=O)O)C1=O)C2(C)C.COC(=O)c1ccc2c(c1)NC(=O)/C2=C(\Nc1ccc(N(C)C(=O)CN2CCN(C)CC2)cc1)c1ccccc1. The van der Waals surface area contributed by atoms with Crippen LogP contribution in [0, 0.1) is 16.7 Å². The Bertz CT molecular complexity index is 2130. The normalized spacial score (nSPS) is 24.0. The van der Waals surface area contributed by atoms with Crippen molar-refractivity contribution in [2.75, 3.05) is 69.5 Å². The molecule has 0 aromatic heterocycles. The van der Waals surface area contributed by atoms with Gasteiger partial charge < -0.3 is 25.2 Å². The van der Waals surface area contributed by atoms with Crippen LogP contribution in [0.15, 0.2) is 72.8 Å². The van der Waals surface area contributed by atoms with E-state index in [1.165, 1.54) is 7.11 Å². The molecule has 0 spiro atoms. The number of hydrogen-bond donors (Lipinski definition) is 3. The molecule has 3 N–H and O–H groups in total. The zero-order chi connectivity index (χ0) is 39.9. The topological polar surface area (TPSA) is 166 Å². The Morgan fingerprint density at radius 1 is 0.964 bits per heavy atom. The van der Waals surface area contributed by atoms with Gasteiger partial charge in [0.25, 0.3) is 16.0 Å². The van der Waals surface area contributed by atoms with Gasteiger partial charge in [-0.2, -0.15) is 8.42 Å².